The molecule has 0 aliphatic rings. The third kappa shape index (κ3) is 6.30. The maximum atomic E-state index is 13.0. The molecule has 2 rings (SSSR count). The van der Waals surface area contributed by atoms with E-state index >= 15 is 0 Å². The summed E-state index contributed by atoms with van der Waals surface area (Å²) in [4.78, 5) is 13.8. The van der Waals surface area contributed by atoms with Gasteiger partial charge in [-0.25, -0.2) is 4.21 Å². The molecule has 0 aliphatic carbocycles. The number of rotatable bonds is 6. The summed E-state index contributed by atoms with van der Waals surface area (Å²) < 4.78 is 12.8. The molecule has 2 aromatic carbocycles. The smallest absolute Gasteiger partial charge is 0.194 e. The largest absolute Gasteiger partial charge is 0.392 e. The summed E-state index contributed by atoms with van der Waals surface area (Å²) in [6, 6.07) is 15.0. The predicted octanol–water partition coefficient (Wildman–Crippen LogP) is 4.76. The molecule has 0 aliphatic heterocycles. The van der Waals surface area contributed by atoms with Crippen molar-refractivity contribution in [2.24, 2.45) is 5.92 Å². The Bertz CT molecular complexity index is 807. The van der Waals surface area contributed by atoms with Crippen LogP contribution in [0.1, 0.15) is 38.8 Å². The van der Waals surface area contributed by atoms with E-state index in [9.17, 15) is 14.1 Å². The third-order valence-electron chi connectivity index (χ3n) is 4.19. The van der Waals surface area contributed by atoms with Gasteiger partial charge in [0.05, 0.1) is 22.8 Å². The number of hydrogen-bond donors (Lipinski definition) is 1. The van der Waals surface area contributed by atoms with E-state index in [0.717, 1.165) is 16.0 Å². The number of aliphatic hydroxyl groups is 1. The van der Waals surface area contributed by atoms with Gasteiger partial charge in [-0.3, -0.25) is 4.79 Å². The molecule has 1 unspecified atom stereocenters. The fourth-order valence-corrected chi connectivity index (χ4v) is 4.77. The van der Waals surface area contributed by atoms with Gasteiger partial charge in [0.25, 0.3) is 0 Å². The number of benzene rings is 2. The second-order valence-electron chi connectivity index (χ2n) is 7.78. The van der Waals surface area contributed by atoms with Crippen LogP contribution in [0.4, 0.5) is 0 Å². The first kappa shape index (κ1) is 21.9. The molecule has 0 aromatic heterocycles. The molecule has 3 nitrogen and oxygen atoms in total. The summed E-state index contributed by atoms with van der Waals surface area (Å²) in [5, 5.41) is 10.6. The van der Waals surface area contributed by atoms with Crippen LogP contribution < -0.4 is 0 Å². The summed E-state index contributed by atoms with van der Waals surface area (Å²) in [5.41, 5.74) is 1.92. The van der Waals surface area contributed by atoms with Gasteiger partial charge < -0.3 is 5.11 Å². The Kier molecular flexibility index (Phi) is 7.43. The van der Waals surface area contributed by atoms with E-state index in [1.807, 2.05) is 76.2 Å². The van der Waals surface area contributed by atoms with Gasteiger partial charge in [-0.2, -0.15) is 0 Å². The van der Waals surface area contributed by atoms with Gasteiger partial charge >= 0.3 is 0 Å². The van der Waals surface area contributed by atoms with Gasteiger partial charge in [0, 0.05) is 21.0 Å². The topological polar surface area (TPSA) is 54.4 Å². The van der Waals surface area contributed by atoms with Crippen molar-refractivity contribution in [3.8, 4) is 0 Å². The Labute approximate surface area is 169 Å². The molecule has 0 spiro atoms. The van der Waals surface area contributed by atoms with Gasteiger partial charge in [0.15, 0.2) is 5.12 Å². The van der Waals surface area contributed by atoms with Crippen LogP contribution in [-0.2, 0) is 22.0 Å². The van der Waals surface area contributed by atoms with Crippen molar-refractivity contribution >= 4 is 27.7 Å². The van der Waals surface area contributed by atoms with Crippen LogP contribution in [-0.4, -0.2) is 25.3 Å². The highest BCUT2D eigenvalue weighted by Crippen LogP contribution is 2.29. The van der Waals surface area contributed by atoms with Crippen LogP contribution >= 0.6 is 11.8 Å². The van der Waals surface area contributed by atoms with Crippen molar-refractivity contribution in [3.63, 3.8) is 0 Å². The average molecular weight is 405 g/mol. The van der Waals surface area contributed by atoms with Crippen molar-refractivity contribution in [3.05, 3.63) is 59.7 Å². The van der Waals surface area contributed by atoms with E-state index in [1.54, 1.807) is 6.92 Å². The molecule has 0 fully saturated rings. The highest BCUT2D eigenvalue weighted by Gasteiger charge is 2.27. The lowest BCUT2D eigenvalue weighted by molar-refractivity contribution is -0.116. The van der Waals surface area contributed by atoms with Gasteiger partial charge in [0.2, 0.25) is 0 Å². The van der Waals surface area contributed by atoms with Crippen molar-refractivity contribution < 1.29 is 14.1 Å². The van der Waals surface area contributed by atoms with E-state index in [-0.39, 0.29) is 9.86 Å². The molecule has 0 heterocycles. The first-order chi connectivity index (χ1) is 12.6. The fourth-order valence-electron chi connectivity index (χ4n) is 2.60. The van der Waals surface area contributed by atoms with Crippen LogP contribution in [0.2, 0.25) is 0 Å². The number of aryl methyl sites for hydroxylation is 1. The zero-order chi connectivity index (χ0) is 20.2. The monoisotopic (exact) mass is 404 g/mol. The van der Waals surface area contributed by atoms with Crippen molar-refractivity contribution in [2.75, 3.05) is 0 Å². The number of hydrogen-bond acceptors (Lipinski definition) is 4. The Balaban J connectivity index is 2.19. The van der Waals surface area contributed by atoms with Gasteiger partial charge in [-0.05, 0) is 30.7 Å². The predicted molar refractivity (Wildman–Crippen MR) is 114 cm³/mol. The quantitative estimate of drug-likeness (QED) is 0.754. The second kappa shape index (κ2) is 9.18. The molecule has 146 valence electrons. The lowest BCUT2D eigenvalue weighted by Crippen LogP contribution is -2.28. The minimum Gasteiger partial charge on any atom is -0.392 e. The zero-order valence-electron chi connectivity index (χ0n) is 16.6. The van der Waals surface area contributed by atoms with E-state index in [4.69, 9.17) is 0 Å². The van der Waals surface area contributed by atoms with Crippen molar-refractivity contribution in [1.82, 2.24) is 0 Å². The van der Waals surface area contributed by atoms with Crippen LogP contribution in [0, 0.1) is 12.8 Å². The normalized spacial score (nSPS) is 15.2. The Morgan fingerprint density at radius 2 is 1.70 bits per heavy atom. The molecular weight excluding hydrogens is 376 g/mol. The Hall–Kier alpha value is -1.43. The molecule has 0 bridgehead atoms. The average Bonchev–Trinajstić information content (AvgIpc) is 2.60. The van der Waals surface area contributed by atoms with E-state index in [2.05, 4.69) is 0 Å². The molecule has 5 heteroatoms. The standard InChI is InChI=1S/C22H28O3S2/c1-15-10-12-18(13-11-15)27(25)20-9-7-6-8-17(20)14-19(23)16(2)21(24)26-22(3,4)5/h6-13,16,19,23H,14H2,1-5H3/t16-,19-,27?/m1/s1. The highest BCUT2D eigenvalue weighted by atomic mass is 32.2. The molecular formula is C22H28O3S2. The third-order valence-corrected chi connectivity index (χ3v) is 6.88. The lowest BCUT2D eigenvalue weighted by Gasteiger charge is -2.23. The minimum atomic E-state index is -1.32. The Morgan fingerprint density at radius 1 is 1.11 bits per heavy atom. The molecule has 3 atom stereocenters. The van der Waals surface area contributed by atoms with Gasteiger partial charge in [0.1, 0.15) is 0 Å². The van der Waals surface area contributed by atoms with E-state index in [0.29, 0.717) is 11.3 Å². The number of carbonyl (C=O) groups excluding carboxylic acids is 1. The summed E-state index contributed by atoms with van der Waals surface area (Å²) in [7, 11) is -1.32. The van der Waals surface area contributed by atoms with E-state index in [1.165, 1.54) is 11.8 Å². The lowest BCUT2D eigenvalue weighted by atomic mass is 9.99. The second-order valence-corrected chi connectivity index (χ2v) is 11.1. The molecule has 27 heavy (non-hydrogen) atoms. The summed E-state index contributed by atoms with van der Waals surface area (Å²) in [6.45, 7) is 9.69. The van der Waals surface area contributed by atoms with Gasteiger partial charge in [-0.15, -0.1) is 0 Å². The number of aliphatic hydroxyl groups excluding tert-OH is 1. The molecule has 0 saturated carbocycles. The first-order valence-electron chi connectivity index (χ1n) is 9.06. The molecule has 0 saturated heterocycles. The SMILES string of the molecule is Cc1ccc(S(=O)c2ccccc2C[C@@H](O)[C@@H](C)C(=O)SC(C)(C)C)cc1. The first-order valence-corrected chi connectivity index (χ1v) is 11.0. The van der Waals surface area contributed by atoms with Crippen LogP contribution in [0.15, 0.2) is 58.3 Å². The molecule has 0 amide bonds. The molecule has 1 N–H and O–H groups in total. The zero-order valence-corrected chi connectivity index (χ0v) is 18.2. The maximum absolute atomic E-state index is 13.0. The summed E-state index contributed by atoms with van der Waals surface area (Å²) in [5.74, 6) is -0.491. The Morgan fingerprint density at radius 3 is 2.30 bits per heavy atom. The number of carbonyl (C=O) groups is 1. The minimum absolute atomic E-state index is 0.0212. The van der Waals surface area contributed by atoms with Crippen molar-refractivity contribution in [1.29, 1.82) is 0 Å². The van der Waals surface area contributed by atoms with Crippen LogP contribution in [0.25, 0.3) is 0 Å². The summed E-state index contributed by atoms with van der Waals surface area (Å²) in [6.07, 6.45) is -0.519. The van der Waals surface area contributed by atoms with E-state index < -0.39 is 22.8 Å². The maximum Gasteiger partial charge on any atom is 0.194 e. The summed E-state index contributed by atoms with van der Waals surface area (Å²) >= 11 is 1.25. The number of thioether (sulfide) groups is 1. The van der Waals surface area contributed by atoms with Crippen LogP contribution in [0.5, 0.6) is 0 Å². The van der Waals surface area contributed by atoms with Crippen molar-refractivity contribution in [2.45, 2.75) is 61.7 Å². The van der Waals surface area contributed by atoms with Gasteiger partial charge in [-0.1, -0.05) is 75.4 Å². The molecule has 2 aromatic rings. The van der Waals surface area contributed by atoms with Crippen LogP contribution in [0.3, 0.4) is 0 Å². The fraction of sp³-hybridized carbons (Fsp3) is 0.409. The molecule has 0 radical (unpaired) electrons. The highest BCUT2D eigenvalue weighted by molar-refractivity contribution is 8.14.